The highest BCUT2D eigenvalue weighted by molar-refractivity contribution is 7.85. The van der Waals surface area contributed by atoms with Crippen LogP contribution in [0.25, 0.3) is 0 Å². The Morgan fingerprint density at radius 1 is 1.50 bits per heavy atom. The van der Waals surface area contributed by atoms with E-state index in [1.165, 1.54) is 0 Å². The van der Waals surface area contributed by atoms with Gasteiger partial charge in [-0.25, -0.2) is 0 Å². The zero-order valence-corrected chi connectivity index (χ0v) is 11.5. The molecular weight excluding hydrogens is 250 g/mol. The Kier molecular flexibility index (Phi) is 6.93. The molecule has 3 N–H and O–H groups in total. The van der Waals surface area contributed by atoms with Gasteiger partial charge in [0.2, 0.25) is 0 Å². The second kappa shape index (κ2) is 8.24. The van der Waals surface area contributed by atoms with Crippen LogP contribution < -0.4 is 10.5 Å². The number of nitrogens with two attached hydrogens (primary N) is 1. The molecule has 0 saturated carbocycles. The molecular formula is C13H21NO3S. The van der Waals surface area contributed by atoms with Crippen molar-refractivity contribution in [2.24, 2.45) is 5.73 Å². The third kappa shape index (κ3) is 5.62. The van der Waals surface area contributed by atoms with Crippen molar-refractivity contribution in [3.63, 3.8) is 0 Å². The average molecular weight is 271 g/mol. The molecule has 0 saturated heterocycles. The van der Waals surface area contributed by atoms with E-state index in [9.17, 15) is 9.32 Å². The minimum absolute atomic E-state index is 0.156. The van der Waals surface area contributed by atoms with Crippen molar-refractivity contribution in [3.8, 4) is 5.75 Å². The van der Waals surface area contributed by atoms with Crippen LogP contribution in [-0.2, 0) is 17.3 Å². The number of ether oxygens (including phenoxy) is 1. The predicted molar refractivity (Wildman–Crippen MR) is 74.0 cm³/mol. The molecule has 0 aliphatic carbocycles. The Morgan fingerprint density at radius 3 is 2.94 bits per heavy atom. The van der Waals surface area contributed by atoms with Crippen molar-refractivity contribution in [1.29, 1.82) is 0 Å². The summed E-state index contributed by atoms with van der Waals surface area (Å²) in [6.45, 7) is 2.59. The van der Waals surface area contributed by atoms with Gasteiger partial charge in [-0.3, -0.25) is 4.21 Å². The van der Waals surface area contributed by atoms with Crippen molar-refractivity contribution in [3.05, 3.63) is 29.8 Å². The number of aliphatic hydroxyl groups excluding tert-OH is 1. The van der Waals surface area contributed by atoms with E-state index in [2.05, 4.69) is 0 Å². The molecule has 0 spiro atoms. The molecule has 2 unspecified atom stereocenters. The van der Waals surface area contributed by atoms with E-state index < -0.39 is 16.9 Å². The largest absolute Gasteiger partial charge is 0.491 e. The molecule has 5 heteroatoms. The Labute approximate surface area is 111 Å². The van der Waals surface area contributed by atoms with E-state index in [1.54, 1.807) is 0 Å². The lowest BCUT2D eigenvalue weighted by Crippen LogP contribution is -2.25. The van der Waals surface area contributed by atoms with Crippen molar-refractivity contribution >= 4 is 10.8 Å². The van der Waals surface area contributed by atoms with Crippen LogP contribution in [-0.4, -0.2) is 33.5 Å². The fourth-order valence-electron chi connectivity index (χ4n) is 1.53. The molecule has 0 fully saturated rings. The second-order valence-electron chi connectivity index (χ2n) is 4.13. The molecule has 0 aliphatic heterocycles. The van der Waals surface area contributed by atoms with Crippen LogP contribution in [0.2, 0.25) is 0 Å². The maximum absolute atomic E-state index is 11.4. The fraction of sp³-hybridized carbons (Fsp3) is 0.538. The van der Waals surface area contributed by atoms with Gasteiger partial charge >= 0.3 is 0 Å². The van der Waals surface area contributed by atoms with Crippen LogP contribution in [0.4, 0.5) is 0 Å². The summed E-state index contributed by atoms with van der Waals surface area (Å²) in [7, 11) is -0.964. The topological polar surface area (TPSA) is 72.5 Å². The molecule has 1 rings (SSSR count). The van der Waals surface area contributed by atoms with Gasteiger partial charge in [0.1, 0.15) is 12.4 Å². The van der Waals surface area contributed by atoms with E-state index in [1.807, 2.05) is 31.2 Å². The van der Waals surface area contributed by atoms with E-state index in [0.29, 0.717) is 18.0 Å². The Hall–Kier alpha value is -0.910. The van der Waals surface area contributed by atoms with Crippen LogP contribution >= 0.6 is 0 Å². The predicted octanol–water partition coefficient (Wildman–Crippen LogP) is 1.04. The zero-order chi connectivity index (χ0) is 13.4. The first-order chi connectivity index (χ1) is 8.65. The van der Waals surface area contributed by atoms with Gasteiger partial charge in [0.25, 0.3) is 0 Å². The summed E-state index contributed by atoms with van der Waals surface area (Å²) in [4.78, 5) is 0. The van der Waals surface area contributed by atoms with Crippen molar-refractivity contribution in [2.75, 3.05) is 18.1 Å². The van der Waals surface area contributed by atoms with Gasteiger partial charge < -0.3 is 15.6 Å². The third-order valence-corrected chi connectivity index (χ3v) is 4.01. The molecule has 102 valence electrons. The fourth-order valence-corrected chi connectivity index (χ4v) is 2.68. The molecule has 2 atom stereocenters. The number of benzene rings is 1. The van der Waals surface area contributed by atoms with Gasteiger partial charge in [0.15, 0.2) is 0 Å². The highest BCUT2D eigenvalue weighted by Crippen LogP contribution is 2.13. The molecule has 0 amide bonds. The monoisotopic (exact) mass is 271 g/mol. The van der Waals surface area contributed by atoms with Gasteiger partial charge in [-0.15, -0.1) is 0 Å². The molecule has 0 aromatic heterocycles. The van der Waals surface area contributed by atoms with Gasteiger partial charge in [-0.1, -0.05) is 19.1 Å². The normalized spacial score (nSPS) is 14.2. The van der Waals surface area contributed by atoms with Gasteiger partial charge in [-0.2, -0.15) is 0 Å². The van der Waals surface area contributed by atoms with Crippen LogP contribution in [0.3, 0.4) is 0 Å². The van der Waals surface area contributed by atoms with E-state index in [4.69, 9.17) is 10.5 Å². The summed E-state index contributed by atoms with van der Waals surface area (Å²) in [6, 6.07) is 7.43. The number of hydrogen-bond donors (Lipinski definition) is 2. The average Bonchev–Trinajstić information content (AvgIpc) is 2.37. The number of hydrogen-bond acceptors (Lipinski definition) is 4. The molecule has 0 radical (unpaired) electrons. The van der Waals surface area contributed by atoms with Crippen LogP contribution in [0.15, 0.2) is 24.3 Å². The van der Waals surface area contributed by atoms with Crippen LogP contribution in [0, 0.1) is 0 Å². The minimum Gasteiger partial charge on any atom is -0.491 e. The van der Waals surface area contributed by atoms with Gasteiger partial charge in [0.05, 0.1) is 11.9 Å². The van der Waals surface area contributed by atoms with Crippen molar-refractivity contribution in [1.82, 2.24) is 0 Å². The highest BCUT2D eigenvalue weighted by Gasteiger charge is 2.09. The first kappa shape index (κ1) is 15.1. The molecule has 0 aliphatic rings. The first-order valence-electron chi connectivity index (χ1n) is 6.10. The summed E-state index contributed by atoms with van der Waals surface area (Å²) in [5, 5.41) is 9.69. The lowest BCUT2D eigenvalue weighted by atomic mass is 10.2. The third-order valence-electron chi connectivity index (χ3n) is 2.39. The van der Waals surface area contributed by atoms with Crippen molar-refractivity contribution in [2.45, 2.75) is 26.0 Å². The lowest BCUT2D eigenvalue weighted by Gasteiger charge is -2.12. The van der Waals surface area contributed by atoms with Gasteiger partial charge in [0, 0.05) is 23.1 Å². The summed E-state index contributed by atoms with van der Waals surface area (Å²) < 4.78 is 16.9. The highest BCUT2D eigenvalue weighted by atomic mass is 32.2. The standard InChI is InChI=1S/C13H21NO3S/c1-2-6-18(16)10-12(15)9-17-13-5-3-4-11(7-13)8-14/h3-5,7,12,15H,2,6,8-10,14H2,1H3. The summed E-state index contributed by atoms with van der Waals surface area (Å²) in [6.07, 6.45) is 0.164. The quantitative estimate of drug-likeness (QED) is 0.741. The minimum atomic E-state index is -0.964. The Balaban J connectivity index is 2.37. The molecule has 0 bridgehead atoms. The SMILES string of the molecule is CCCS(=O)CC(O)COc1cccc(CN)c1. The Bertz CT molecular complexity index is 384. The first-order valence-corrected chi connectivity index (χ1v) is 7.59. The summed E-state index contributed by atoms with van der Waals surface area (Å²) >= 11 is 0. The van der Waals surface area contributed by atoms with Gasteiger partial charge in [-0.05, 0) is 24.1 Å². The lowest BCUT2D eigenvalue weighted by molar-refractivity contribution is 0.125. The molecule has 1 aromatic carbocycles. The smallest absolute Gasteiger partial charge is 0.119 e. The number of rotatable bonds is 8. The maximum atomic E-state index is 11.4. The van der Waals surface area contributed by atoms with E-state index in [-0.39, 0.29) is 12.4 Å². The molecule has 18 heavy (non-hydrogen) atoms. The maximum Gasteiger partial charge on any atom is 0.119 e. The molecule has 4 nitrogen and oxygen atoms in total. The Morgan fingerprint density at radius 2 is 2.28 bits per heavy atom. The van der Waals surface area contributed by atoms with Crippen LogP contribution in [0.5, 0.6) is 5.75 Å². The summed E-state index contributed by atoms with van der Waals surface area (Å²) in [5.74, 6) is 1.57. The van der Waals surface area contributed by atoms with E-state index in [0.717, 1.165) is 12.0 Å². The van der Waals surface area contributed by atoms with Crippen LogP contribution in [0.1, 0.15) is 18.9 Å². The summed E-state index contributed by atoms with van der Waals surface area (Å²) in [5.41, 5.74) is 6.51. The zero-order valence-electron chi connectivity index (χ0n) is 10.7. The number of aliphatic hydroxyl groups is 1. The molecule has 0 heterocycles. The van der Waals surface area contributed by atoms with Crippen molar-refractivity contribution < 1.29 is 14.1 Å². The van der Waals surface area contributed by atoms with E-state index >= 15 is 0 Å². The molecule has 1 aromatic rings. The second-order valence-corrected chi connectivity index (χ2v) is 5.75.